The number of nitrogens with one attached hydrogen (secondary N) is 2. The lowest BCUT2D eigenvalue weighted by Gasteiger charge is -2.14. The maximum atomic E-state index is 12.5. The molecule has 2 aliphatic rings. The first kappa shape index (κ1) is 14.8. The predicted octanol–water partition coefficient (Wildman–Crippen LogP) is 1.38. The fourth-order valence-electron chi connectivity index (χ4n) is 2.52. The molecule has 0 spiro atoms. The summed E-state index contributed by atoms with van der Waals surface area (Å²) < 4.78 is 39.9. The number of ether oxygens (including phenoxy) is 3. The van der Waals surface area contributed by atoms with Crippen LogP contribution in [0.3, 0.4) is 0 Å². The van der Waals surface area contributed by atoms with Gasteiger partial charge in [0.25, 0.3) is 0 Å². The van der Waals surface area contributed by atoms with Crippen LogP contribution in [0.1, 0.15) is 18.4 Å². The zero-order valence-electron chi connectivity index (χ0n) is 11.7. The number of hydrogen-bond acceptors (Lipinski definition) is 5. The molecule has 1 atom stereocenters. The minimum absolute atomic E-state index is 0.0288. The van der Waals surface area contributed by atoms with Crippen LogP contribution >= 0.6 is 0 Å². The third kappa shape index (κ3) is 3.22. The molecule has 1 amide bonds. The molecule has 0 radical (unpaired) electrons. The summed E-state index contributed by atoms with van der Waals surface area (Å²) in [5.74, 6) is 0.616. The van der Waals surface area contributed by atoms with Crippen molar-refractivity contribution in [1.82, 2.24) is 10.6 Å². The van der Waals surface area contributed by atoms with E-state index in [0.717, 1.165) is 19.4 Å². The number of carbonyl (C=O) groups is 1. The molecule has 1 aromatic rings. The lowest BCUT2D eigenvalue weighted by atomic mass is 10.1. The molecule has 0 aliphatic carbocycles. The highest BCUT2D eigenvalue weighted by Gasteiger charge is 2.23. The Morgan fingerprint density at radius 3 is 2.86 bits per heavy atom. The second kappa shape index (κ2) is 6.35. The topological polar surface area (TPSA) is 68.8 Å². The molecular weight excluding hydrogens is 298 g/mol. The number of benzene rings is 1. The average molecular weight is 314 g/mol. The Kier molecular flexibility index (Phi) is 4.28. The van der Waals surface area contributed by atoms with Crippen molar-refractivity contribution in [3.8, 4) is 17.2 Å². The van der Waals surface area contributed by atoms with Crippen LogP contribution in [0.5, 0.6) is 17.2 Å². The molecule has 1 saturated heterocycles. The van der Waals surface area contributed by atoms with Crippen molar-refractivity contribution in [2.24, 2.45) is 0 Å². The Hall–Kier alpha value is -2.09. The summed E-state index contributed by atoms with van der Waals surface area (Å²) in [5.41, 5.74) is 0.413. The lowest BCUT2D eigenvalue weighted by molar-refractivity contribution is -0.122. The smallest absolute Gasteiger partial charge is 0.387 e. The van der Waals surface area contributed by atoms with Crippen LogP contribution in [-0.4, -0.2) is 31.9 Å². The highest BCUT2D eigenvalue weighted by molar-refractivity contribution is 5.82. The molecule has 2 aliphatic heterocycles. The number of carbonyl (C=O) groups excluding carboxylic acids is 1. The van der Waals surface area contributed by atoms with Gasteiger partial charge in [-0.05, 0) is 25.5 Å². The van der Waals surface area contributed by atoms with E-state index in [9.17, 15) is 13.6 Å². The molecule has 1 fully saturated rings. The summed E-state index contributed by atoms with van der Waals surface area (Å²) in [4.78, 5) is 12.0. The highest BCUT2D eigenvalue weighted by atomic mass is 19.3. The summed E-state index contributed by atoms with van der Waals surface area (Å²) in [6.45, 7) is -2.03. The Morgan fingerprint density at radius 2 is 2.18 bits per heavy atom. The van der Waals surface area contributed by atoms with Gasteiger partial charge in [0.1, 0.15) is 5.75 Å². The van der Waals surface area contributed by atoms with Crippen LogP contribution in [-0.2, 0) is 11.3 Å². The SMILES string of the molecule is O=C(NCc1cc2c(cc1OC(F)F)OCO2)C1CCCN1. The molecule has 2 N–H and O–H groups in total. The van der Waals surface area contributed by atoms with Crippen LogP contribution in [0.15, 0.2) is 12.1 Å². The van der Waals surface area contributed by atoms with Crippen molar-refractivity contribution in [3.63, 3.8) is 0 Å². The van der Waals surface area contributed by atoms with Crippen LogP contribution in [0.25, 0.3) is 0 Å². The maximum Gasteiger partial charge on any atom is 0.387 e. The fraction of sp³-hybridized carbons (Fsp3) is 0.500. The molecule has 8 heteroatoms. The van der Waals surface area contributed by atoms with Crippen molar-refractivity contribution < 1.29 is 27.8 Å². The first-order chi connectivity index (χ1) is 10.6. The van der Waals surface area contributed by atoms with Gasteiger partial charge >= 0.3 is 6.61 Å². The standard InChI is InChI=1S/C14H16F2N2O4/c15-14(16)22-10-5-12-11(20-7-21-12)4-8(10)6-18-13(19)9-2-1-3-17-9/h4-5,9,14,17H,1-3,6-7H2,(H,18,19). The fourth-order valence-corrected chi connectivity index (χ4v) is 2.52. The number of fused-ring (bicyclic) bond motifs is 1. The number of hydrogen-bond donors (Lipinski definition) is 2. The normalized spacial score (nSPS) is 19.5. The monoisotopic (exact) mass is 314 g/mol. The van der Waals surface area contributed by atoms with Gasteiger partial charge in [-0.3, -0.25) is 4.79 Å². The van der Waals surface area contributed by atoms with Crippen LogP contribution in [0, 0.1) is 0 Å². The van der Waals surface area contributed by atoms with Gasteiger partial charge in [-0.2, -0.15) is 8.78 Å². The Labute approximate surface area is 125 Å². The molecule has 0 saturated carbocycles. The van der Waals surface area contributed by atoms with Crippen molar-refractivity contribution in [1.29, 1.82) is 0 Å². The molecule has 3 rings (SSSR count). The molecule has 1 unspecified atom stereocenters. The first-order valence-corrected chi connectivity index (χ1v) is 7.02. The third-order valence-corrected chi connectivity index (χ3v) is 3.60. The third-order valence-electron chi connectivity index (χ3n) is 3.60. The van der Waals surface area contributed by atoms with E-state index in [1.54, 1.807) is 6.07 Å². The van der Waals surface area contributed by atoms with E-state index >= 15 is 0 Å². The molecule has 22 heavy (non-hydrogen) atoms. The van der Waals surface area contributed by atoms with Gasteiger partial charge in [0.05, 0.1) is 6.04 Å². The zero-order valence-corrected chi connectivity index (χ0v) is 11.7. The van der Waals surface area contributed by atoms with Gasteiger partial charge in [0.2, 0.25) is 12.7 Å². The van der Waals surface area contributed by atoms with Gasteiger partial charge in [-0.15, -0.1) is 0 Å². The number of amides is 1. The largest absolute Gasteiger partial charge is 0.454 e. The summed E-state index contributed by atoms with van der Waals surface area (Å²) in [6, 6.07) is 2.67. The van der Waals surface area contributed by atoms with E-state index in [0.29, 0.717) is 17.1 Å². The minimum Gasteiger partial charge on any atom is -0.454 e. The van der Waals surface area contributed by atoms with E-state index in [4.69, 9.17) is 9.47 Å². The van der Waals surface area contributed by atoms with Gasteiger partial charge in [-0.1, -0.05) is 0 Å². The van der Waals surface area contributed by atoms with Crippen LogP contribution in [0.2, 0.25) is 0 Å². The summed E-state index contributed by atoms with van der Waals surface area (Å²) >= 11 is 0. The van der Waals surface area contributed by atoms with Gasteiger partial charge in [0.15, 0.2) is 11.5 Å². The van der Waals surface area contributed by atoms with Gasteiger partial charge in [0, 0.05) is 18.2 Å². The summed E-state index contributed by atoms with van der Waals surface area (Å²) in [5, 5.41) is 5.80. The Morgan fingerprint density at radius 1 is 1.41 bits per heavy atom. The molecule has 0 aromatic heterocycles. The minimum atomic E-state index is -2.95. The second-order valence-electron chi connectivity index (χ2n) is 5.06. The quantitative estimate of drug-likeness (QED) is 0.859. The molecule has 0 bridgehead atoms. The average Bonchev–Trinajstić information content (AvgIpc) is 3.14. The first-order valence-electron chi connectivity index (χ1n) is 7.02. The molecule has 120 valence electrons. The van der Waals surface area contributed by atoms with Crippen molar-refractivity contribution in [3.05, 3.63) is 17.7 Å². The Bertz CT molecular complexity index is 562. The number of rotatable bonds is 5. The maximum absolute atomic E-state index is 12.5. The summed E-state index contributed by atoms with van der Waals surface area (Å²) in [7, 11) is 0. The summed E-state index contributed by atoms with van der Waals surface area (Å²) in [6.07, 6.45) is 1.72. The second-order valence-corrected chi connectivity index (χ2v) is 5.06. The Balaban J connectivity index is 1.72. The number of halogens is 2. The molecular formula is C14H16F2N2O4. The van der Waals surface area contributed by atoms with E-state index < -0.39 is 6.61 Å². The van der Waals surface area contributed by atoms with Gasteiger partial charge in [-0.25, -0.2) is 0 Å². The molecule has 1 aromatic carbocycles. The van der Waals surface area contributed by atoms with E-state index in [1.165, 1.54) is 6.07 Å². The predicted molar refractivity (Wildman–Crippen MR) is 72.1 cm³/mol. The number of alkyl halides is 2. The van der Waals surface area contributed by atoms with E-state index in [-0.39, 0.29) is 31.0 Å². The lowest BCUT2D eigenvalue weighted by Crippen LogP contribution is -2.40. The molecule has 2 heterocycles. The molecule has 6 nitrogen and oxygen atoms in total. The van der Waals surface area contributed by atoms with Crippen molar-refractivity contribution in [2.75, 3.05) is 13.3 Å². The van der Waals surface area contributed by atoms with E-state index in [1.807, 2.05) is 0 Å². The highest BCUT2D eigenvalue weighted by Crippen LogP contribution is 2.38. The van der Waals surface area contributed by atoms with Crippen molar-refractivity contribution >= 4 is 5.91 Å². The van der Waals surface area contributed by atoms with Gasteiger partial charge < -0.3 is 24.8 Å². The van der Waals surface area contributed by atoms with E-state index in [2.05, 4.69) is 15.4 Å². The van der Waals surface area contributed by atoms with Crippen LogP contribution < -0.4 is 24.8 Å². The zero-order chi connectivity index (χ0) is 15.5. The van der Waals surface area contributed by atoms with Crippen LogP contribution in [0.4, 0.5) is 8.78 Å². The van der Waals surface area contributed by atoms with Crippen molar-refractivity contribution in [2.45, 2.75) is 32.0 Å².